The second kappa shape index (κ2) is 10.1. The van der Waals surface area contributed by atoms with Crippen molar-refractivity contribution in [3.63, 3.8) is 0 Å². The molecular formula is C31H31ClFN3O. The van der Waals surface area contributed by atoms with Crippen LogP contribution in [0.2, 0.25) is 5.02 Å². The summed E-state index contributed by atoms with van der Waals surface area (Å²) >= 11 is 6.33. The van der Waals surface area contributed by atoms with E-state index in [0.717, 1.165) is 53.4 Å². The van der Waals surface area contributed by atoms with Crippen LogP contribution in [0, 0.1) is 5.82 Å². The normalized spacial score (nSPS) is 15.2. The van der Waals surface area contributed by atoms with Crippen LogP contribution in [0.1, 0.15) is 53.7 Å². The van der Waals surface area contributed by atoms with Crippen molar-refractivity contribution in [1.82, 2.24) is 14.5 Å². The van der Waals surface area contributed by atoms with Crippen molar-refractivity contribution < 1.29 is 9.18 Å². The average Bonchev–Trinajstić information content (AvgIpc) is 3.25. The SMILES string of the molecule is C=C(C)c1cc(F)ccc1C1(C)CCN(C(=O)c2cn(CCc3ccncc3)c3cc(Cl)ccc23)CC1. The van der Waals surface area contributed by atoms with Gasteiger partial charge in [-0.2, -0.15) is 0 Å². The lowest BCUT2D eigenvalue weighted by atomic mass is 9.72. The lowest BCUT2D eigenvalue weighted by Gasteiger charge is -2.41. The molecule has 0 N–H and O–H groups in total. The maximum absolute atomic E-state index is 14.0. The molecule has 3 heterocycles. The zero-order valence-corrected chi connectivity index (χ0v) is 22.1. The van der Waals surface area contributed by atoms with E-state index in [1.807, 2.05) is 54.4 Å². The van der Waals surface area contributed by atoms with Gasteiger partial charge >= 0.3 is 0 Å². The van der Waals surface area contributed by atoms with Gasteiger partial charge in [-0.05, 0) is 84.7 Å². The van der Waals surface area contributed by atoms with Crippen molar-refractivity contribution >= 4 is 34.0 Å². The fourth-order valence-electron chi connectivity index (χ4n) is 5.46. The third kappa shape index (κ3) is 5.05. The minimum atomic E-state index is -0.251. The van der Waals surface area contributed by atoms with Gasteiger partial charge in [0, 0.05) is 48.6 Å². The van der Waals surface area contributed by atoms with Crippen molar-refractivity contribution in [2.75, 3.05) is 13.1 Å². The Labute approximate surface area is 222 Å². The second-order valence-electron chi connectivity index (χ2n) is 10.3. The summed E-state index contributed by atoms with van der Waals surface area (Å²) in [6.45, 7) is 10.2. The molecule has 0 aliphatic carbocycles. The number of benzene rings is 2. The Morgan fingerprint density at radius 3 is 2.51 bits per heavy atom. The molecule has 4 nitrogen and oxygen atoms in total. The van der Waals surface area contributed by atoms with Gasteiger partial charge in [0.25, 0.3) is 5.91 Å². The summed E-state index contributed by atoms with van der Waals surface area (Å²) in [6, 6.07) is 14.7. The topological polar surface area (TPSA) is 38.1 Å². The van der Waals surface area contributed by atoms with Crippen LogP contribution in [0.15, 0.2) is 73.7 Å². The molecule has 5 rings (SSSR count). The number of likely N-dealkylation sites (tertiary alicyclic amines) is 1. The highest BCUT2D eigenvalue weighted by atomic mass is 35.5. The van der Waals surface area contributed by atoms with E-state index < -0.39 is 0 Å². The molecule has 1 amide bonds. The van der Waals surface area contributed by atoms with E-state index in [0.29, 0.717) is 23.7 Å². The number of carbonyl (C=O) groups excluding carboxylic acids is 1. The number of rotatable bonds is 6. The van der Waals surface area contributed by atoms with Gasteiger partial charge < -0.3 is 9.47 Å². The minimum absolute atomic E-state index is 0.0382. The summed E-state index contributed by atoms with van der Waals surface area (Å²) in [6.07, 6.45) is 8.00. The molecule has 0 atom stereocenters. The van der Waals surface area contributed by atoms with E-state index in [1.54, 1.807) is 18.5 Å². The van der Waals surface area contributed by atoms with Crippen LogP contribution < -0.4 is 0 Å². The van der Waals surface area contributed by atoms with Gasteiger partial charge in [0.2, 0.25) is 0 Å². The lowest BCUT2D eigenvalue weighted by molar-refractivity contribution is 0.0677. The number of pyridine rings is 1. The van der Waals surface area contributed by atoms with Crippen LogP contribution in [-0.4, -0.2) is 33.4 Å². The monoisotopic (exact) mass is 515 g/mol. The minimum Gasteiger partial charge on any atom is -0.346 e. The van der Waals surface area contributed by atoms with Crippen LogP contribution in [0.4, 0.5) is 4.39 Å². The Morgan fingerprint density at radius 1 is 1.08 bits per heavy atom. The first-order chi connectivity index (χ1) is 17.7. The maximum atomic E-state index is 14.0. The molecule has 37 heavy (non-hydrogen) atoms. The number of aryl methyl sites for hydroxylation is 2. The Kier molecular flexibility index (Phi) is 6.91. The number of fused-ring (bicyclic) bond motifs is 1. The highest BCUT2D eigenvalue weighted by molar-refractivity contribution is 6.31. The molecule has 0 saturated carbocycles. The highest BCUT2D eigenvalue weighted by Gasteiger charge is 2.36. The van der Waals surface area contributed by atoms with E-state index >= 15 is 0 Å². The van der Waals surface area contributed by atoms with Crippen molar-refractivity contribution in [2.24, 2.45) is 0 Å². The number of allylic oxidation sites excluding steroid dienone is 1. The van der Waals surface area contributed by atoms with Gasteiger partial charge in [-0.3, -0.25) is 9.78 Å². The van der Waals surface area contributed by atoms with E-state index in [9.17, 15) is 9.18 Å². The summed E-state index contributed by atoms with van der Waals surface area (Å²) in [5.41, 5.74) is 5.54. The van der Waals surface area contributed by atoms with Crippen LogP contribution in [0.5, 0.6) is 0 Å². The van der Waals surface area contributed by atoms with Gasteiger partial charge in [0.05, 0.1) is 11.1 Å². The summed E-state index contributed by atoms with van der Waals surface area (Å²) in [5, 5.41) is 1.57. The van der Waals surface area contributed by atoms with Crippen LogP contribution >= 0.6 is 11.6 Å². The predicted octanol–water partition coefficient (Wildman–Crippen LogP) is 7.30. The molecule has 1 fully saturated rings. The molecule has 1 aliphatic heterocycles. The second-order valence-corrected chi connectivity index (χ2v) is 10.8. The van der Waals surface area contributed by atoms with Crippen LogP contribution in [0.3, 0.4) is 0 Å². The molecule has 2 aromatic heterocycles. The van der Waals surface area contributed by atoms with Crippen molar-refractivity contribution in [3.8, 4) is 0 Å². The first-order valence-corrected chi connectivity index (χ1v) is 13.1. The molecule has 0 radical (unpaired) electrons. The lowest BCUT2D eigenvalue weighted by Crippen LogP contribution is -2.44. The summed E-state index contributed by atoms with van der Waals surface area (Å²) in [5.74, 6) is -0.213. The van der Waals surface area contributed by atoms with Gasteiger partial charge in [-0.25, -0.2) is 4.39 Å². The zero-order valence-electron chi connectivity index (χ0n) is 21.3. The molecule has 4 aromatic rings. The predicted molar refractivity (Wildman–Crippen MR) is 148 cm³/mol. The standard InChI is InChI=1S/C31H31ClFN3O/c1-21(2)26-19-24(33)5-7-28(26)31(3)11-16-35(17-12-31)30(37)27-20-36(15-10-22-8-13-34-14-9-22)29-18-23(32)4-6-25(27)29/h4-9,13-14,18-20H,1,10-12,15-17H2,2-3H3. The first kappa shape index (κ1) is 25.2. The highest BCUT2D eigenvalue weighted by Crippen LogP contribution is 2.39. The Hall–Kier alpha value is -3.44. The van der Waals surface area contributed by atoms with Gasteiger partial charge in [-0.15, -0.1) is 0 Å². The number of nitrogens with zero attached hydrogens (tertiary/aromatic N) is 3. The number of amides is 1. The Bertz CT molecular complexity index is 1470. The zero-order chi connectivity index (χ0) is 26.2. The van der Waals surface area contributed by atoms with E-state index in [-0.39, 0.29) is 17.1 Å². The number of aromatic nitrogens is 2. The third-order valence-electron chi connectivity index (χ3n) is 7.71. The van der Waals surface area contributed by atoms with Crippen LogP contribution in [0.25, 0.3) is 16.5 Å². The number of hydrogen-bond donors (Lipinski definition) is 0. The number of halogens is 2. The molecule has 1 saturated heterocycles. The first-order valence-electron chi connectivity index (χ1n) is 12.7. The quantitative estimate of drug-likeness (QED) is 0.270. The van der Waals surface area contributed by atoms with Crippen molar-refractivity contribution in [2.45, 2.75) is 45.1 Å². The van der Waals surface area contributed by atoms with Gasteiger partial charge in [0.1, 0.15) is 5.82 Å². The molecule has 6 heteroatoms. The molecular weight excluding hydrogens is 485 g/mol. The fraction of sp³-hybridized carbons (Fsp3) is 0.290. The van der Waals surface area contributed by atoms with Crippen LogP contribution in [-0.2, 0) is 18.4 Å². The van der Waals surface area contributed by atoms with Gasteiger partial charge in [0.15, 0.2) is 0 Å². The molecule has 0 bridgehead atoms. The van der Waals surface area contributed by atoms with E-state index in [4.69, 9.17) is 11.6 Å². The fourth-order valence-corrected chi connectivity index (χ4v) is 5.62. The Morgan fingerprint density at radius 2 is 1.81 bits per heavy atom. The molecule has 190 valence electrons. The molecule has 1 aliphatic rings. The summed E-state index contributed by atoms with van der Waals surface area (Å²) in [4.78, 5) is 19.8. The molecule has 0 spiro atoms. The third-order valence-corrected chi connectivity index (χ3v) is 7.95. The van der Waals surface area contributed by atoms with Gasteiger partial charge in [-0.1, -0.05) is 42.8 Å². The summed E-state index contributed by atoms with van der Waals surface area (Å²) < 4.78 is 16.1. The maximum Gasteiger partial charge on any atom is 0.256 e. The number of carbonyl (C=O) groups is 1. The number of piperidine rings is 1. The molecule has 0 unspecified atom stereocenters. The van der Waals surface area contributed by atoms with E-state index in [2.05, 4.69) is 23.1 Å². The largest absolute Gasteiger partial charge is 0.346 e. The molecule has 2 aromatic carbocycles. The summed E-state index contributed by atoms with van der Waals surface area (Å²) in [7, 11) is 0. The Balaban J connectivity index is 1.38. The average molecular weight is 516 g/mol. The van der Waals surface area contributed by atoms with E-state index in [1.165, 1.54) is 11.6 Å². The number of hydrogen-bond acceptors (Lipinski definition) is 2. The smallest absolute Gasteiger partial charge is 0.256 e. The van der Waals surface area contributed by atoms with Crippen molar-refractivity contribution in [1.29, 1.82) is 0 Å². The van der Waals surface area contributed by atoms with Crippen molar-refractivity contribution in [3.05, 3.63) is 107 Å².